The summed E-state index contributed by atoms with van der Waals surface area (Å²) in [5.74, 6) is 0. The van der Waals surface area contributed by atoms with Gasteiger partial charge in [-0.2, -0.15) is 0 Å². The largest absolute Gasteiger partial charge is 0.455 e. The summed E-state index contributed by atoms with van der Waals surface area (Å²) in [6, 6.07) is 12.8. The van der Waals surface area contributed by atoms with Crippen molar-refractivity contribution < 1.29 is 4.42 Å². The van der Waals surface area contributed by atoms with E-state index in [4.69, 9.17) is 4.42 Å². The van der Waals surface area contributed by atoms with Crippen molar-refractivity contribution in [3.63, 3.8) is 0 Å². The molecule has 3 aromatic rings. The van der Waals surface area contributed by atoms with Gasteiger partial charge in [0.25, 0.3) is 0 Å². The van der Waals surface area contributed by atoms with Crippen LogP contribution < -0.4 is 0 Å². The molecule has 0 saturated heterocycles. The van der Waals surface area contributed by atoms with Crippen LogP contribution >= 0.6 is 0 Å². The number of furan rings is 1. The predicted molar refractivity (Wildman–Crippen MR) is 72.5 cm³/mol. The molecule has 0 radical (unpaired) electrons. The van der Waals surface area contributed by atoms with E-state index < -0.39 is 0 Å². The third-order valence-corrected chi connectivity index (χ3v) is 3.45. The Kier molecular flexibility index (Phi) is 2.40. The van der Waals surface area contributed by atoms with Gasteiger partial charge in [0.05, 0.1) is 0 Å². The first-order valence-electron chi connectivity index (χ1n) is 6.27. The molecule has 1 heterocycles. The van der Waals surface area contributed by atoms with E-state index in [0.717, 1.165) is 24.0 Å². The van der Waals surface area contributed by atoms with Gasteiger partial charge in [-0.3, -0.25) is 0 Å². The number of aryl methyl sites for hydroxylation is 2. The highest BCUT2D eigenvalue weighted by Gasteiger charge is 2.11. The summed E-state index contributed by atoms with van der Waals surface area (Å²) in [5.41, 5.74) is 4.71. The fourth-order valence-electron chi connectivity index (χ4n) is 2.49. The zero-order valence-electron chi connectivity index (χ0n) is 10.3. The van der Waals surface area contributed by atoms with E-state index >= 15 is 0 Å². The van der Waals surface area contributed by atoms with E-state index in [1.54, 1.807) is 0 Å². The summed E-state index contributed by atoms with van der Waals surface area (Å²) in [6.07, 6.45) is 2.03. The normalized spacial score (nSPS) is 11.4. The van der Waals surface area contributed by atoms with Crippen molar-refractivity contribution in [2.24, 2.45) is 0 Å². The Labute approximate surface area is 101 Å². The zero-order valence-corrected chi connectivity index (χ0v) is 10.3. The summed E-state index contributed by atoms with van der Waals surface area (Å²) in [4.78, 5) is 0. The molecular formula is C16H16O. The molecule has 0 N–H and O–H groups in total. The number of hydrogen-bond donors (Lipinski definition) is 0. The Hall–Kier alpha value is -1.76. The van der Waals surface area contributed by atoms with Crippen molar-refractivity contribution >= 4 is 21.9 Å². The van der Waals surface area contributed by atoms with Gasteiger partial charge in [-0.25, -0.2) is 0 Å². The summed E-state index contributed by atoms with van der Waals surface area (Å²) >= 11 is 0. The maximum atomic E-state index is 6.10. The molecule has 1 heteroatoms. The first-order chi connectivity index (χ1) is 8.35. The molecule has 1 aromatic heterocycles. The highest BCUT2D eigenvalue weighted by molar-refractivity contribution is 6.06. The lowest BCUT2D eigenvalue weighted by molar-refractivity contribution is 0.658. The van der Waals surface area contributed by atoms with Crippen molar-refractivity contribution in [1.82, 2.24) is 0 Å². The van der Waals surface area contributed by atoms with Gasteiger partial charge in [-0.1, -0.05) is 50.2 Å². The van der Waals surface area contributed by atoms with Gasteiger partial charge in [-0.05, 0) is 24.0 Å². The van der Waals surface area contributed by atoms with Crippen LogP contribution in [-0.4, -0.2) is 0 Å². The molecule has 0 bridgehead atoms. The van der Waals surface area contributed by atoms with Crippen LogP contribution in [0.15, 0.2) is 40.8 Å². The van der Waals surface area contributed by atoms with Crippen molar-refractivity contribution in [2.75, 3.05) is 0 Å². The third kappa shape index (κ3) is 1.46. The maximum Gasteiger partial charge on any atom is 0.138 e. The van der Waals surface area contributed by atoms with Crippen LogP contribution in [0.3, 0.4) is 0 Å². The van der Waals surface area contributed by atoms with E-state index in [-0.39, 0.29) is 0 Å². The van der Waals surface area contributed by atoms with E-state index in [1.165, 1.54) is 21.9 Å². The van der Waals surface area contributed by atoms with E-state index in [0.29, 0.717) is 0 Å². The SMILES string of the molecule is CCc1cccc2c1oc1c(CC)cccc12. The molecule has 2 aromatic carbocycles. The molecule has 3 rings (SSSR count). The van der Waals surface area contributed by atoms with Gasteiger partial charge in [-0.15, -0.1) is 0 Å². The lowest BCUT2D eigenvalue weighted by Gasteiger charge is -1.96. The topological polar surface area (TPSA) is 13.1 Å². The van der Waals surface area contributed by atoms with Crippen LogP contribution in [0.5, 0.6) is 0 Å². The Bertz CT molecular complexity index is 618. The fourth-order valence-corrected chi connectivity index (χ4v) is 2.49. The second kappa shape index (κ2) is 3.92. The minimum Gasteiger partial charge on any atom is -0.455 e. The van der Waals surface area contributed by atoms with Gasteiger partial charge >= 0.3 is 0 Å². The number of benzene rings is 2. The number of fused-ring (bicyclic) bond motifs is 3. The standard InChI is InChI=1S/C16H16O/c1-3-11-7-5-9-13-14-10-6-8-12(4-2)16(14)17-15(11)13/h5-10H,3-4H2,1-2H3. The zero-order chi connectivity index (χ0) is 11.8. The van der Waals surface area contributed by atoms with Gasteiger partial charge in [0, 0.05) is 10.8 Å². The molecular weight excluding hydrogens is 208 g/mol. The lowest BCUT2D eigenvalue weighted by atomic mass is 10.1. The Morgan fingerprint density at radius 3 is 1.65 bits per heavy atom. The minimum atomic E-state index is 1.01. The van der Waals surface area contributed by atoms with Crippen LogP contribution in [0.25, 0.3) is 21.9 Å². The summed E-state index contributed by atoms with van der Waals surface area (Å²) in [5, 5.41) is 2.49. The second-order valence-electron chi connectivity index (χ2n) is 4.40. The molecule has 0 aliphatic heterocycles. The van der Waals surface area contributed by atoms with E-state index in [2.05, 4.69) is 50.2 Å². The van der Waals surface area contributed by atoms with Gasteiger partial charge < -0.3 is 4.42 Å². The Morgan fingerprint density at radius 1 is 0.765 bits per heavy atom. The van der Waals surface area contributed by atoms with E-state index in [9.17, 15) is 0 Å². The maximum absolute atomic E-state index is 6.10. The van der Waals surface area contributed by atoms with Gasteiger partial charge in [0.2, 0.25) is 0 Å². The smallest absolute Gasteiger partial charge is 0.138 e. The molecule has 0 atom stereocenters. The predicted octanol–water partition coefficient (Wildman–Crippen LogP) is 4.71. The molecule has 86 valence electrons. The van der Waals surface area contributed by atoms with Crippen LogP contribution in [0.1, 0.15) is 25.0 Å². The monoisotopic (exact) mass is 224 g/mol. The fraction of sp³-hybridized carbons (Fsp3) is 0.250. The summed E-state index contributed by atoms with van der Waals surface area (Å²) in [6.45, 7) is 4.34. The Balaban J connectivity index is 2.49. The first kappa shape index (κ1) is 10.4. The second-order valence-corrected chi connectivity index (χ2v) is 4.40. The molecule has 0 aliphatic carbocycles. The average Bonchev–Trinajstić information content (AvgIpc) is 2.77. The van der Waals surface area contributed by atoms with Crippen LogP contribution in [0.2, 0.25) is 0 Å². The van der Waals surface area contributed by atoms with Crippen LogP contribution in [-0.2, 0) is 12.8 Å². The van der Waals surface area contributed by atoms with Crippen LogP contribution in [0, 0.1) is 0 Å². The first-order valence-corrected chi connectivity index (χ1v) is 6.27. The molecule has 0 unspecified atom stereocenters. The van der Waals surface area contributed by atoms with Crippen molar-refractivity contribution in [2.45, 2.75) is 26.7 Å². The van der Waals surface area contributed by atoms with Crippen LogP contribution in [0.4, 0.5) is 0 Å². The van der Waals surface area contributed by atoms with Gasteiger partial charge in [0.1, 0.15) is 11.2 Å². The number of rotatable bonds is 2. The average molecular weight is 224 g/mol. The van der Waals surface area contributed by atoms with Crippen molar-refractivity contribution in [3.05, 3.63) is 47.5 Å². The van der Waals surface area contributed by atoms with Gasteiger partial charge in [0.15, 0.2) is 0 Å². The quantitative estimate of drug-likeness (QED) is 0.614. The third-order valence-electron chi connectivity index (χ3n) is 3.45. The number of hydrogen-bond acceptors (Lipinski definition) is 1. The Morgan fingerprint density at radius 2 is 1.24 bits per heavy atom. The summed E-state index contributed by atoms with van der Waals surface area (Å²) < 4.78 is 6.10. The molecule has 0 amide bonds. The highest BCUT2D eigenvalue weighted by atomic mass is 16.3. The van der Waals surface area contributed by atoms with Crippen molar-refractivity contribution in [3.8, 4) is 0 Å². The minimum absolute atomic E-state index is 1.01. The summed E-state index contributed by atoms with van der Waals surface area (Å²) in [7, 11) is 0. The molecule has 17 heavy (non-hydrogen) atoms. The molecule has 0 aliphatic rings. The molecule has 0 saturated carbocycles. The van der Waals surface area contributed by atoms with E-state index in [1.807, 2.05) is 0 Å². The molecule has 0 spiro atoms. The number of para-hydroxylation sites is 2. The highest BCUT2D eigenvalue weighted by Crippen LogP contribution is 2.33. The van der Waals surface area contributed by atoms with Crippen molar-refractivity contribution in [1.29, 1.82) is 0 Å². The molecule has 0 fully saturated rings. The lowest BCUT2D eigenvalue weighted by Crippen LogP contribution is -1.78. The molecule has 1 nitrogen and oxygen atoms in total.